The molecule has 1 heteroatoms. The van der Waals surface area contributed by atoms with Gasteiger partial charge in [-0.1, -0.05) is 92.6 Å². The topological polar surface area (TPSA) is 3.88 Å². The third-order valence-corrected chi connectivity index (χ3v) is 6.00. The second kappa shape index (κ2) is 9.57. The maximum Gasteiger partial charge on any atom is 0.212 e. The summed E-state index contributed by atoms with van der Waals surface area (Å²) in [5.74, 6) is 0. The van der Waals surface area contributed by atoms with Crippen molar-refractivity contribution in [3.8, 4) is 22.4 Å². The number of pyridine rings is 1. The third-order valence-electron chi connectivity index (χ3n) is 6.00. The van der Waals surface area contributed by atoms with Crippen LogP contribution in [0.25, 0.3) is 22.4 Å². The molecule has 0 amide bonds. The smallest absolute Gasteiger partial charge is 0.201 e. The minimum Gasteiger partial charge on any atom is -0.201 e. The predicted octanol–water partition coefficient (Wildman–Crippen LogP) is 8.94. The summed E-state index contributed by atoms with van der Waals surface area (Å²) in [6.07, 6.45) is -1.96. The molecule has 0 bridgehead atoms. The summed E-state index contributed by atoms with van der Waals surface area (Å²) in [6, 6.07) is 13.4. The number of nitrogens with zero attached hydrogens (tertiary/aromatic N) is 1. The van der Waals surface area contributed by atoms with Crippen LogP contribution in [0.2, 0.25) is 0 Å². The lowest BCUT2D eigenvalue weighted by molar-refractivity contribution is -0.660. The number of aromatic nitrogens is 1. The average molecular weight is 478 g/mol. The van der Waals surface area contributed by atoms with Crippen LogP contribution in [0.4, 0.5) is 0 Å². The zero-order valence-corrected chi connectivity index (χ0v) is 23.6. The number of hydrogen-bond acceptors (Lipinski definition) is 0. The molecule has 2 aromatic carbocycles. The number of hydrogen-bond donors (Lipinski definition) is 0. The molecule has 0 fully saturated rings. The van der Waals surface area contributed by atoms with Crippen molar-refractivity contribution in [2.75, 3.05) is 0 Å². The lowest BCUT2D eigenvalue weighted by atomic mass is 9.81. The minimum absolute atomic E-state index is 0.0419. The van der Waals surface area contributed by atoms with Gasteiger partial charge in [-0.15, -0.1) is 0 Å². The lowest BCUT2D eigenvalue weighted by Gasteiger charge is -2.24. The molecular weight excluding hydrogens is 422 g/mol. The average Bonchev–Trinajstić information content (AvgIpc) is 2.81. The van der Waals surface area contributed by atoms with Crippen LogP contribution >= 0.6 is 0 Å². The quantitative estimate of drug-likeness (QED) is 0.330. The number of aryl methyl sites for hydroxylation is 3. The predicted molar refractivity (Wildman–Crippen MR) is 153 cm³/mol. The Hall–Kier alpha value is -2.41. The van der Waals surface area contributed by atoms with E-state index in [4.69, 9.17) is 6.85 Å². The van der Waals surface area contributed by atoms with Gasteiger partial charge in [-0.2, -0.15) is 0 Å². The summed E-state index contributed by atoms with van der Waals surface area (Å²) < 4.78 is 63.3. The van der Waals surface area contributed by atoms with Crippen LogP contribution in [-0.4, -0.2) is 0 Å². The van der Waals surface area contributed by atoms with Gasteiger partial charge in [-0.25, -0.2) is 4.57 Å². The molecule has 0 aliphatic rings. The van der Waals surface area contributed by atoms with Crippen molar-refractivity contribution in [3.05, 3.63) is 76.5 Å². The Kier molecular flexibility index (Phi) is 5.14. The van der Waals surface area contributed by atoms with Crippen LogP contribution in [0.3, 0.4) is 0 Å². The highest BCUT2D eigenvalue weighted by molar-refractivity contribution is 5.76. The molecule has 0 spiro atoms. The van der Waals surface area contributed by atoms with E-state index in [1.54, 1.807) is 18.3 Å². The fourth-order valence-electron chi connectivity index (χ4n) is 4.30. The molecule has 3 rings (SSSR count). The molecule has 0 atom stereocenters. The van der Waals surface area contributed by atoms with Crippen molar-refractivity contribution in [1.29, 1.82) is 0 Å². The fraction of sp³-hybridized carbons (Fsp3) is 0.500. The summed E-state index contributed by atoms with van der Waals surface area (Å²) in [6.45, 7) is 16.9. The second-order valence-corrected chi connectivity index (χ2v) is 12.9. The van der Waals surface area contributed by atoms with E-state index in [9.17, 15) is 2.74 Å². The fourth-order valence-corrected chi connectivity index (χ4v) is 4.30. The Morgan fingerprint density at radius 3 is 1.83 bits per heavy atom. The van der Waals surface area contributed by atoms with E-state index in [1.807, 2.05) is 90.4 Å². The number of benzene rings is 2. The van der Waals surface area contributed by atoms with E-state index in [1.165, 1.54) is 0 Å². The number of rotatable bonds is 4. The SMILES string of the molecule is [2H]C([2H])([2H])c1cc(C)c(-c2cc(C([2H])([2H])C(C)(C)C)c(C([2H])([2H])C(C)(C)C)c[n+]2C)cc1-c1ccc(C(C)(C)C)cc1. The first kappa shape index (κ1) is 18.8. The van der Waals surface area contributed by atoms with Crippen LogP contribution in [-0.2, 0) is 25.2 Å². The minimum atomic E-state index is -2.33. The molecule has 3 aromatic rings. The summed E-state index contributed by atoms with van der Waals surface area (Å²) in [4.78, 5) is 0. The summed E-state index contributed by atoms with van der Waals surface area (Å²) in [7, 11) is 1.84. The van der Waals surface area contributed by atoms with Crippen LogP contribution in [0.15, 0.2) is 48.7 Å². The van der Waals surface area contributed by atoms with Gasteiger partial charge in [0.25, 0.3) is 0 Å². The Morgan fingerprint density at radius 2 is 1.31 bits per heavy atom. The summed E-state index contributed by atoms with van der Waals surface area (Å²) in [5, 5.41) is 0. The van der Waals surface area contributed by atoms with E-state index in [-0.39, 0.29) is 11.0 Å². The molecule has 0 saturated heterocycles. The van der Waals surface area contributed by atoms with Crippen molar-refractivity contribution in [2.24, 2.45) is 17.9 Å². The van der Waals surface area contributed by atoms with Crippen molar-refractivity contribution in [1.82, 2.24) is 0 Å². The molecule has 0 radical (unpaired) electrons. The molecule has 1 aromatic heterocycles. The summed E-state index contributed by atoms with van der Waals surface area (Å²) in [5.41, 5.74) is 4.01. The lowest BCUT2D eigenvalue weighted by Crippen LogP contribution is -2.33. The van der Waals surface area contributed by atoms with E-state index in [0.717, 1.165) is 22.3 Å². The van der Waals surface area contributed by atoms with Gasteiger partial charge < -0.3 is 0 Å². The molecule has 35 heavy (non-hydrogen) atoms. The molecule has 0 aliphatic carbocycles. The van der Waals surface area contributed by atoms with Crippen molar-refractivity contribution >= 4 is 0 Å². The van der Waals surface area contributed by atoms with Gasteiger partial charge in [-0.05, 0) is 82.2 Å². The molecule has 1 heterocycles. The Balaban J connectivity index is 2.42. The van der Waals surface area contributed by atoms with E-state index in [2.05, 4.69) is 20.8 Å². The second-order valence-electron chi connectivity index (χ2n) is 12.9. The van der Waals surface area contributed by atoms with Crippen LogP contribution in [0.1, 0.15) is 99.7 Å². The first-order valence-corrected chi connectivity index (χ1v) is 12.5. The Bertz CT molecular complexity index is 1460. The first-order chi connectivity index (χ1) is 18.7. The molecule has 188 valence electrons. The van der Waals surface area contributed by atoms with Gasteiger partial charge in [0, 0.05) is 26.8 Å². The molecule has 0 unspecified atom stereocenters. The van der Waals surface area contributed by atoms with Gasteiger partial charge in [0.2, 0.25) is 5.69 Å². The van der Waals surface area contributed by atoms with Gasteiger partial charge in [0.05, 0.1) is 0 Å². The maximum atomic E-state index is 9.21. The highest BCUT2D eigenvalue weighted by Gasteiger charge is 2.24. The first-order valence-electron chi connectivity index (χ1n) is 16.0. The normalized spacial score (nSPS) is 16.9. The van der Waals surface area contributed by atoms with Crippen molar-refractivity contribution in [2.45, 2.75) is 94.3 Å². The van der Waals surface area contributed by atoms with Crippen molar-refractivity contribution in [3.63, 3.8) is 0 Å². The van der Waals surface area contributed by atoms with E-state index < -0.39 is 30.4 Å². The Labute approximate surface area is 225 Å². The highest BCUT2D eigenvalue weighted by Crippen LogP contribution is 2.35. The van der Waals surface area contributed by atoms with Crippen LogP contribution in [0.5, 0.6) is 0 Å². The Morgan fingerprint density at radius 1 is 0.743 bits per heavy atom. The van der Waals surface area contributed by atoms with Crippen LogP contribution in [0, 0.1) is 24.6 Å². The van der Waals surface area contributed by atoms with Crippen molar-refractivity contribution < 1.29 is 14.2 Å². The molecule has 1 nitrogen and oxygen atoms in total. The largest absolute Gasteiger partial charge is 0.212 e. The van der Waals surface area contributed by atoms with Gasteiger partial charge in [0.1, 0.15) is 7.05 Å². The molecule has 0 saturated carbocycles. The van der Waals surface area contributed by atoms with E-state index in [0.29, 0.717) is 22.4 Å². The van der Waals surface area contributed by atoms with E-state index >= 15 is 0 Å². The molecule has 0 N–H and O–H groups in total. The standard InChI is InChI=1S/C34H48N/c1-23-17-24(2)30(19-29(23)25-13-15-28(16-14-25)34(9,10)11)31-18-26(20-32(3,4)5)27(22-35(31)12)21-33(6,7)8/h13-19,22H,20-21H2,1-12H3/q+1/i1D3,20D2,21D2. The molecular formula is C34H48N+. The maximum absolute atomic E-state index is 9.21. The van der Waals surface area contributed by atoms with Gasteiger partial charge in [-0.3, -0.25) is 0 Å². The van der Waals surface area contributed by atoms with Gasteiger partial charge >= 0.3 is 0 Å². The summed E-state index contributed by atoms with van der Waals surface area (Å²) >= 11 is 0. The highest BCUT2D eigenvalue weighted by atomic mass is 14.9. The zero-order chi connectivity index (χ0) is 32.4. The zero-order valence-electron chi connectivity index (χ0n) is 30.6. The monoisotopic (exact) mass is 477 g/mol. The third kappa shape index (κ3) is 6.84. The molecule has 0 aliphatic heterocycles. The van der Waals surface area contributed by atoms with Gasteiger partial charge in [0.15, 0.2) is 6.20 Å². The van der Waals surface area contributed by atoms with Crippen LogP contribution < -0.4 is 4.57 Å².